The van der Waals surface area contributed by atoms with Gasteiger partial charge in [0, 0.05) is 29.7 Å². The molecule has 0 spiro atoms. The number of amides is 1. The van der Waals surface area contributed by atoms with Crippen LogP contribution < -0.4 is 5.32 Å². The number of anilines is 1. The Bertz CT molecular complexity index is 1050. The van der Waals surface area contributed by atoms with Crippen LogP contribution in [0.5, 0.6) is 0 Å². The Morgan fingerprint density at radius 2 is 1.59 bits per heavy atom. The first kappa shape index (κ1) is 18.6. The molecule has 0 atom stereocenters. The lowest BCUT2D eigenvalue weighted by atomic mass is 10.1. The number of hydrogen-bond donors (Lipinski definition) is 1. The number of benzene rings is 3. The molecule has 1 aromatic heterocycles. The van der Waals surface area contributed by atoms with Crippen molar-refractivity contribution in [2.75, 3.05) is 5.32 Å². The highest BCUT2D eigenvalue weighted by Crippen LogP contribution is 2.32. The summed E-state index contributed by atoms with van der Waals surface area (Å²) in [6, 6.07) is 25.4. The molecular formula is C24H19FN2O2. The number of rotatable bonds is 6. The van der Waals surface area contributed by atoms with Crippen molar-refractivity contribution in [3.63, 3.8) is 0 Å². The Labute approximate surface area is 168 Å². The van der Waals surface area contributed by atoms with Gasteiger partial charge in [0.15, 0.2) is 11.7 Å². The van der Waals surface area contributed by atoms with Crippen molar-refractivity contribution < 1.29 is 13.6 Å². The van der Waals surface area contributed by atoms with Crippen LogP contribution in [0.1, 0.15) is 12.3 Å². The summed E-state index contributed by atoms with van der Waals surface area (Å²) < 4.78 is 19.3. The highest BCUT2D eigenvalue weighted by Gasteiger charge is 2.17. The fraction of sp³-hybridized carbons (Fsp3) is 0.0833. The largest absolute Gasteiger partial charge is 0.440 e. The lowest BCUT2D eigenvalue weighted by Gasteiger charge is -2.04. The fourth-order valence-electron chi connectivity index (χ4n) is 3.06. The first-order valence-corrected chi connectivity index (χ1v) is 9.35. The summed E-state index contributed by atoms with van der Waals surface area (Å²) >= 11 is 0. The summed E-state index contributed by atoms with van der Waals surface area (Å²) in [7, 11) is 0. The number of nitrogens with zero attached hydrogens (tertiary/aromatic N) is 1. The Kier molecular flexibility index (Phi) is 5.47. The van der Waals surface area contributed by atoms with Crippen LogP contribution in [0.4, 0.5) is 10.1 Å². The predicted molar refractivity (Wildman–Crippen MR) is 111 cm³/mol. The van der Waals surface area contributed by atoms with E-state index in [2.05, 4.69) is 10.3 Å². The van der Waals surface area contributed by atoms with Gasteiger partial charge in [-0.3, -0.25) is 4.79 Å². The number of hydrogen-bond acceptors (Lipinski definition) is 3. The van der Waals surface area contributed by atoms with Crippen LogP contribution in [-0.4, -0.2) is 10.9 Å². The minimum Gasteiger partial charge on any atom is -0.440 e. The van der Waals surface area contributed by atoms with Gasteiger partial charge in [-0.25, -0.2) is 9.37 Å². The first-order chi connectivity index (χ1) is 14.2. The van der Waals surface area contributed by atoms with E-state index in [1.165, 1.54) is 12.1 Å². The Balaban J connectivity index is 1.53. The van der Waals surface area contributed by atoms with Crippen molar-refractivity contribution >= 4 is 11.6 Å². The third-order valence-corrected chi connectivity index (χ3v) is 4.43. The molecular weight excluding hydrogens is 367 g/mol. The molecule has 4 rings (SSSR count). The van der Waals surface area contributed by atoms with E-state index in [1.54, 1.807) is 12.1 Å². The number of aromatic nitrogens is 1. The van der Waals surface area contributed by atoms with Gasteiger partial charge in [-0.2, -0.15) is 0 Å². The smallest absolute Gasteiger partial charge is 0.224 e. The molecule has 4 nitrogen and oxygen atoms in total. The van der Waals surface area contributed by atoms with E-state index in [0.29, 0.717) is 23.8 Å². The van der Waals surface area contributed by atoms with Gasteiger partial charge in [-0.1, -0.05) is 66.7 Å². The van der Waals surface area contributed by atoms with E-state index < -0.39 is 5.82 Å². The van der Waals surface area contributed by atoms with Gasteiger partial charge in [0.1, 0.15) is 11.5 Å². The zero-order chi connectivity index (χ0) is 20.1. The standard InChI is InChI=1S/C24H19FN2O2/c25-19-12-7-13-20(16-19)26-21(28)14-15-22-27-23(17-8-3-1-4-9-17)24(29-22)18-10-5-2-6-11-18/h1-13,16H,14-15H2,(H,26,28). The topological polar surface area (TPSA) is 55.1 Å². The molecule has 0 radical (unpaired) electrons. The van der Waals surface area contributed by atoms with Crippen LogP contribution in [-0.2, 0) is 11.2 Å². The van der Waals surface area contributed by atoms with E-state index in [-0.39, 0.29) is 12.3 Å². The van der Waals surface area contributed by atoms with E-state index in [9.17, 15) is 9.18 Å². The first-order valence-electron chi connectivity index (χ1n) is 9.35. The Hall–Kier alpha value is -3.73. The zero-order valence-corrected chi connectivity index (χ0v) is 15.6. The molecule has 0 aliphatic heterocycles. The molecule has 0 aliphatic carbocycles. The molecule has 1 amide bonds. The quantitative estimate of drug-likeness (QED) is 0.461. The minimum atomic E-state index is -0.393. The van der Waals surface area contributed by atoms with Crippen LogP contribution in [0.3, 0.4) is 0 Å². The summed E-state index contributed by atoms with van der Waals surface area (Å²) in [4.78, 5) is 16.9. The van der Waals surface area contributed by atoms with Crippen LogP contribution in [0.25, 0.3) is 22.6 Å². The van der Waals surface area contributed by atoms with E-state index in [1.807, 2.05) is 60.7 Å². The van der Waals surface area contributed by atoms with Crippen molar-refractivity contribution in [1.82, 2.24) is 4.98 Å². The number of oxazole rings is 1. The minimum absolute atomic E-state index is 0.180. The third-order valence-electron chi connectivity index (χ3n) is 4.43. The number of nitrogens with one attached hydrogen (secondary N) is 1. The molecule has 1 heterocycles. The summed E-state index contributed by atoms with van der Waals surface area (Å²) in [6.07, 6.45) is 0.521. The number of carbonyl (C=O) groups is 1. The highest BCUT2D eigenvalue weighted by molar-refractivity contribution is 5.90. The van der Waals surface area contributed by atoms with Gasteiger partial charge >= 0.3 is 0 Å². The van der Waals surface area contributed by atoms with E-state index >= 15 is 0 Å². The number of aryl methyl sites for hydroxylation is 1. The predicted octanol–water partition coefficient (Wildman–Crippen LogP) is 5.72. The molecule has 0 saturated heterocycles. The van der Waals surface area contributed by atoms with Crippen molar-refractivity contribution in [3.8, 4) is 22.6 Å². The maximum atomic E-state index is 13.3. The molecule has 0 bridgehead atoms. The van der Waals surface area contributed by atoms with Crippen LogP contribution in [0.2, 0.25) is 0 Å². The van der Waals surface area contributed by atoms with Crippen LogP contribution >= 0.6 is 0 Å². The zero-order valence-electron chi connectivity index (χ0n) is 15.6. The van der Waals surface area contributed by atoms with E-state index in [4.69, 9.17) is 4.42 Å². The molecule has 5 heteroatoms. The lowest BCUT2D eigenvalue weighted by molar-refractivity contribution is -0.116. The van der Waals surface area contributed by atoms with Crippen molar-refractivity contribution in [1.29, 1.82) is 0 Å². The molecule has 4 aromatic rings. The molecule has 1 N–H and O–H groups in total. The third kappa shape index (κ3) is 4.58. The van der Waals surface area contributed by atoms with Crippen LogP contribution in [0.15, 0.2) is 89.3 Å². The van der Waals surface area contributed by atoms with Gasteiger partial charge in [-0.05, 0) is 18.2 Å². The maximum Gasteiger partial charge on any atom is 0.224 e. The van der Waals surface area contributed by atoms with E-state index in [0.717, 1.165) is 16.8 Å². The molecule has 0 saturated carbocycles. The second-order valence-corrected chi connectivity index (χ2v) is 6.58. The average molecular weight is 386 g/mol. The highest BCUT2D eigenvalue weighted by atomic mass is 19.1. The molecule has 0 unspecified atom stereocenters. The SMILES string of the molecule is O=C(CCc1nc(-c2ccccc2)c(-c2ccccc2)o1)Nc1cccc(F)c1. The van der Waals surface area contributed by atoms with Gasteiger partial charge < -0.3 is 9.73 Å². The summed E-state index contributed by atoms with van der Waals surface area (Å²) in [5.41, 5.74) is 3.05. The average Bonchev–Trinajstić information content (AvgIpc) is 3.18. The summed E-state index contributed by atoms with van der Waals surface area (Å²) in [5, 5.41) is 2.69. The number of carbonyl (C=O) groups excluding carboxylic acids is 1. The van der Waals surface area contributed by atoms with Crippen molar-refractivity contribution in [3.05, 3.63) is 96.6 Å². The Morgan fingerprint density at radius 3 is 2.28 bits per heavy atom. The molecule has 29 heavy (non-hydrogen) atoms. The van der Waals surface area contributed by atoms with Gasteiger partial charge in [0.2, 0.25) is 5.91 Å². The molecule has 0 aliphatic rings. The van der Waals surface area contributed by atoms with Crippen molar-refractivity contribution in [2.24, 2.45) is 0 Å². The molecule has 0 fully saturated rings. The Morgan fingerprint density at radius 1 is 0.897 bits per heavy atom. The molecule has 144 valence electrons. The fourth-order valence-corrected chi connectivity index (χ4v) is 3.06. The number of halogens is 1. The second kappa shape index (κ2) is 8.52. The monoisotopic (exact) mass is 386 g/mol. The summed E-state index contributed by atoms with van der Waals surface area (Å²) in [6.45, 7) is 0. The van der Waals surface area contributed by atoms with Crippen molar-refractivity contribution in [2.45, 2.75) is 12.8 Å². The lowest BCUT2D eigenvalue weighted by Crippen LogP contribution is -2.12. The van der Waals surface area contributed by atoms with Gasteiger partial charge in [0.25, 0.3) is 0 Å². The second-order valence-electron chi connectivity index (χ2n) is 6.58. The normalized spacial score (nSPS) is 10.7. The van der Waals surface area contributed by atoms with Crippen LogP contribution in [0, 0.1) is 5.82 Å². The maximum absolute atomic E-state index is 13.3. The van der Waals surface area contributed by atoms with Gasteiger partial charge in [0.05, 0.1) is 0 Å². The van der Waals surface area contributed by atoms with Gasteiger partial charge in [-0.15, -0.1) is 0 Å². The summed E-state index contributed by atoms with van der Waals surface area (Å²) in [5.74, 6) is 0.543. The molecule has 3 aromatic carbocycles.